The smallest absolute Gasteiger partial charge is 0.100 e. The Balaban J connectivity index is 2.14. The van der Waals surface area contributed by atoms with Crippen LogP contribution < -0.4 is 0 Å². The van der Waals surface area contributed by atoms with Crippen molar-refractivity contribution in [3.05, 3.63) is 11.9 Å². The SMILES string of the molecule is CCC1CCCCC1n1cc(C(C)Cl)nn1. The van der Waals surface area contributed by atoms with Gasteiger partial charge in [-0.3, -0.25) is 0 Å². The Morgan fingerprint density at radius 1 is 1.50 bits per heavy atom. The van der Waals surface area contributed by atoms with Crippen molar-refractivity contribution in [2.75, 3.05) is 0 Å². The molecule has 3 nitrogen and oxygen atoms in total. The van der Waals surface area contributed by atoms with Crippen LogP contribution in [0.5, 0.6) is 0 Å². The van der Waals surface area contributed by atoms with Crippen LogP contribution in [0.15, 0.2) is 6.20 Å². The average molecular weight is 242 g/mol. The van der Waals surface area contributed by atoms with Crippen LogP contribution in [0.4, 0.5) is 0 Å². The minimum atomic E-state index is -0.0441. The Morgan fingerprint density at radius 3 is 2.88 bits per heavy atom. The molecule has 0 N–H and O–H groups in total. The molecule has 0 spiro atoms. The molecule has 1 aliphatic rings. The lowest BCUT2D eigenvalue weighted by molar-refractivity contribution is 0.214. The first kappa shape index (κ1) is 11.9. The van der Waals surface area contributed by atoms with Gasteiger partial charge in [-0.05, 0) is 25.7 Å². The van der Waals surface area contributed by atoms with E-state index >= 15 is 0 Å². The van der Waals surface area contributed by atoms with Gasteiger partial charge in [0.1, 0.15) is 5.69 Å². The minimum Gasteiger partial charge on any atom is -0.249 e. The quantitative estimate of drug-likeness (QED) is 0.756. The molecule has 3 unspecified atom stereocenters. The molecular weight excluding hydrogens is 222 g/mol. The number of halogens is 1. The molecule has 0 bridgehead atoms. The van der Waals surface area contributed by atoms with Crippen LogP contribution in [-0.4, -0.2) is 15.0 Å². The molecule has 0 aromatic carbocycles. The van der Waals surface area contributed by atoms with Gasteiger partial charge in [0.2, 0.25) is 0 Å². The van der Waals surface area contributed by atoms with Crippen molar-refractivity contribution in [3.8, 4) is 0 Å². The van der Waals surface area contributed by atoms with Crippen molar-refractivity contribution < 1.29 is 0 Å². The summed E-state index contributed by atoms with van der Waals surface area (Å²) in [6, 6.07) is 0.537. The van der Waals surface area contributed by atoms with E-state index in [4.69, 9.17) is 11.6 Å². The van der Waals surface area contributed by atoms with Crippen LogP contribution in [0.1, 0.15) is 63.1 Å². The van der Waals surface area contributed by atoms with Gasteiger partial charge in [0.15, 0.2) is 0 Å². The summed E-state index contributed by atoms with van der Waals surface area (Å²) in [6.07, 6.45) is 8.49. The second-order valence-electron chi connectivity index (χ2n) is 4.76. The summed E-state index contributed by atoms with van der Waals surface area (Å²) >= 11 is 6.01. The summed E-state index contributed by atoms with van der Waals surface area (Å²) in [5.74, 6) is 0.758. The van der Waals surface area contributed by atoms with E-state index in [9.17, 15) is 0 Å². The molecule has 1 aliphatic carbocycles. The number of hydrogen-bond acceptors (Lipinski definition) is 2. The highest BCUT2D eigenvalue weighted by Crippen LogP contribution is 2.35. The molecule has 1 aromatic rings. The topological polar surface area (TPSA) is 30.7 Å². The van der Waals surface area contributed by atoms with E-state index in [1.165, 1.54) is 32.1 Å². The largest absolute Gasteiger partial charge is 0.249 e. The maximum Gasteiger partial charge on any atom is 0.100 e. The maximum atomic E-state index is 6.01. The molecule has 0 radical (unpaired) electrons. The molecule has 16 heavy (non-hydrogen) atoms. The first-order chi connectivity index (χ1) is 7.72. The summed E-state index contributed by atoms with van der Waals surface area (Å²) in [7, 11) is 0. The lowest BCUT2D eigenvalue weighted by Crippen LogP contribution is -2.23. The van der Waals surface area contributed by atoms with E-state index in [0.29, 0.717) is 6.04 Å². The average Bonchev–Trinajstić information content (AvgIpc) is 2.78. The second kappa shape index (κ2) is 5.17. The number of nitrogens with zero attached hydrogens (tertiary/aromatic N) is 3. The van der Waals surface area contributed by atoms with Gasteiger partial charge in [0.05, 0.1) is 17.6 Å². The lowest BCUT2D eigenvalue weighted by atomic mass is 9.83. The number of aromatic nitrogens is 3. The van der Waals surface area contributed by atoms with Crippen molar-refractivity contribution in [1.29, 1.82) is 0 Å². The van der Waals surface area contributed by atoms with Crippen molar-refractivity contribution in [3.63, 3.8) is 0 Å². The van der Waals surface area contributed by atoms with Crippen LogP contribution in [0.3, 0.4) is 0 Å². The monoisotopic (exact) mass is 241 g/mol. The highest BCUT2D eigenvalue weighted by atomic mass is 35.5. The molecule has 0 aliphatic heterocycles. The molecule has 1 aromatic heterocycles. The predicted molar refractivity (Wildman–Crippen MR) is 65.6 cm³/mol. The van der Waals surface area contributed by atoms with Crippen LogP contribution in [0, 0.1) is 5.92 Å². The molecule has 0 amide bonds. The molecule has 4 heteroatoms. The zero-order chi connectivity index (χ0) is 11.5. The minimum absolute atomic E-state index is 0.0441. The summed E-state index contributed by atoms with van der Waals surface area (Å²) in [5.41, 5.74) is 0.891. The van der Waals surface area contributed by atoms with Gasteiger partial charge in [-0.25, -0.2) is 4.68 Å². The second-order valence-corrected chi connectivity index (χ2v) is 5.41. The van der Waals surface area contributed by atoms with Gasteiger partial charge in [-0.1, -0.05) is 31.4 Å². The van der Waals surface area contributed by atoms with E-state index < -0.39 is 0 Å². The van der Waals surface area contributed by atoms with Crippen molar-refractivity contribution in [2.24, 2.45) is 5.92 Å². The van der Waals surface area contributed by atoms with Crippen LogP contribution in [0.2, 0.25) is 0 Å². The van der Waals surface area contributed by atoms with Crippen LogP contribution in [0.25, 0.3) is 0 Å². The Hall–Kier alpha value is -0.570. The first-order valence-electron chi connectivity index (χ1n) is 6.28. The van der Waals surface area contributed by atoms with Gasteiger partial charge in [0, 0.05) is 0 Å². The van der Waals surface area contributed by atoms with Crippen LogP contribution >= 0.6 is 11.6 Å². The molecular formula is C12H20ClN3. The molecule has 0 saturated heterocycles. The summed E-state index contributed by atoms with van der Waals surface area (Å²) in [4.78, 5) is 0. The zero-order valence-electron chi connectivity index (χ0n) is 10.1. The van der Waals surface area contributed by atoms with Crippen molar-refractivity contribution >= 4 is 11.6 Å². The van der Waals surface area contributed by atoms with Gasteiger partial charge in [-0.15, -0.1) is 16.7 Å². The Morgan fingerprint density at radius 2 is 2.25 bits per heavy atom. The first-order valence-corrected chi connectivity index (χ1v) is 6.71. The Kier molecular flexibility index (Phi) is 3.85. The van der Waals surface area contributed by atoms with E-state index in [0.717, 1.165) is 11.6 Å². The fraction of sp³-hybridized carbons (Fsp3) is 0.833. The summed E-state index contributed by atoms with van der Waals surface area (Å²) in [6.45, 7) is 4.21. The molecule has 1 heterocycles. The number of rotatable bonds is 3. The van der Waals surface area contributed by atoms with Crippen molar-refractivity contribution in [2.45, 2.75) is 57.4 Å². The van der Waals surface area contributed by atoms with Gasteiger partial charge in [-0.2, -0.15) is 0 Å². The fourth-order valence-electron chi connectivity index (χ4n) is 2.65. The van der Waals surface area contributed by atoms with E-state index in [-0.39, 0.29) is 5.38 Å². The summed E-state index contributed by atoms with van der Waals surface area (Å²) in [5, 5.41) is 8.34. The van der Waals surface area contributed by atoms with Gasteiger partial charge < -0.3 is 0 Å². The molecule has 1 saturated carbocycles. The highest BCUT2D eigenvalue weighted by Gasteiger charge is 2.26. The van der Waals surface area contributed by atoms with E-state index in [2.05, 4.69) is 17.2 Å². The number of alkyl halides is 1. The standard InChI is InChI=1S/C12H20ClN3/c1-3-10-6-4-5-7-12(10)16-8-11(9(2)13)14-15-16/h8-10,12H,3-7H2,1-2H3. The third kappa shape index (κ3) is 2.40. The maximum absolute atomic E-state index is 6.01. The van der Waals surface area contributed by atoms with Gasteiger partial charge in [0.25, 0.3) is 0 Å². The predicted octanol–water partition coefficient (Wildman–Crippen LogP) is 3.72. The fourth-order valence-corrected chi connectivity index (χ4v) is 2.75. The van der Waals surface area contributed by atoms with E-state index in [1.54, 1.807) is 0 Å². The Bertz CT molecular complexity index is 335. The lowest BCUT2D eigenvalue weighted by Gasteiger charge is -2.30. The highest BCUT2D eigenvalue weighted by molar-refractivity contribution is 6.20. The molecule has 1 fully saturated rings. The summed E-state index contributed by atoms with van der Waals surface area (Å²) < 4.78 is 2.04. The Labute approximate surface area is 102 Å². The number of hydrogen-bond donors (Lipinski definition) is 0. The third-order valence-corrected chi connectivity index (χ3v) is 3.89. The van der Waals surface area contributed by atoms with E-state index in [1.807, 2.05) is 17.8 Å². The molecule has 3 atom stereocenters. The molecule has 2 rings (SSSR count). The van der Waals surface area contributed by atoms with Crippen molar-refractivity contribution in [1.82, 2.24) is 15.0 Å². The zero-order valence-corrected chi connectivity index (χ0v) is 10.8. The van der Waals surface area contributed by atoms with Crippen LogP contribution in [-0.2, 0) is 0 Å². The third-order valence-electron chi connectivity index (χ3n) is 3.67. The molecule has 90 valence electrons. The normalized spacial score (nSPS) is 27.9. The van der Waals surface area contributed by atoms with Gasteiger partial charge >= 0.3 is 0 Å².